The third-order valence-electron chi connectivity index (χ3n) is 11.8. The fourth-order valence-electron chi connectivity index (χ4n) is 8.90. The number of fused-ring (bicyclic) bond motifs is 5. The molecular formula is C28H39ClO7. The van der Waals surface area contributed by atoms with Crippen molar-refractivity contribution in [3.8, 4) is 0 Å². The smallest absolute Gasteiger partial charge is 0.334 e. The summed E-state index contributed by atoms with van der Waals surface area (Å²) in [4.78, 5) is 25.7. The number of rotatable bonds is 2. The van der Waals surface area contributed by atoms with Gasteiger partial charge >= 0.3 is 5.97 Å². The van der Waals surface area contributed by atoms with E-state index in [0.717, 1.165) is 5.57 Å². The predicted octanol–water partition coefficient (Wildman–Crippen LogP) is 2.96. The van der Waals surface area contributed by atoms with Crippen LogP contribution in [0.3, 0.4) is 0 Å². The lowest BCUT2D eigenvalue weighted by Gasteiger charge is -2.66. The van der Waals surface area contributed by atoms with Crippen molar-refractivity contribution < 1.29 is 34.8 Å². The molecular weight excluding hydrogens is 484 g/mol. The molecule has 36 heavy (non-hydrogen) atoms. The first-order valence-corrected chi connectivity index (χ1v) is 13.6. The van der Waals surface area contributed by atoms with Gasteiger partial charge in [-0.05, 0) is 84.1 Å². The van der Waals surface area contributed by atoms with E-state index in [0.29, 0.717) is 31.3 Å². The Hall–Kier alpha value is -1.25. The highest BCUT2D eigenvalue weighted by Crippen LogP contribution is 2.71. The fourth-order valence-corrected chi connectivity index (χ4v) is 9.41. The van der Waals surface area contributed by atoms with Crippen LogP contribution in [-0.4, -0.2) is 66.1 Å². The highest BCUT2D eigenvalue weighted by Gasteiger charge is 2.78. The zero-order valence-electron chi connectivity index (χ0n) is 21.8. The highest BCUT2D eigenvalue weighted by atomic mass is 35.5. The zero-order valence-corrected chi connectivity index (χ0v) is 22.6. The quantitative estimate of drug-likeness (QED) is 0.324. The topological polar surface area (TPSA) is 124 Å². The third kappa shape index (κ3) is 2.79. The first-order valence-electron chi connectivity index (χ1n) is 13.1. The molecule has 5 rings (SSSR count). The van der Waals surface area contributed by atoms with Gasteiger partial charge in [-0.3, -0.25) is 4.79 Å². The molecule has 1 aliphatic heterocycles. The molecule has 0 saturated heterocycles. The Kier molecular flexibility index (Phi) is 5.61. The summed E-state index contributed by atoms with van der Waals surface area (Å²) in [6.45, 7) is 8.58. The monoisotopic (exact) mass is 522 g/mol. The molecule has 10 atom stereocenters. The van der Waals surface area contributed by atoms with Crippen molar-refractivity contribution in [2.45, 2.75) is 113 Å². The minimum Gasteiger partial charge on any atom is -0.455 e. The minimum atomic E-state index is -1.83. The van der Waals surface area contributed by atoms with Crippen LogP contribution in [0.1, 0.15) is 79.6 Å². The molecule has 200 valence electrons. The maximum Gasteiger partial charge on any atom is 0.334 e. The third-order valence-corrected chi connectivity index (χ3v) is 12.3. The number of esters is 1. The van der Waals surface area contributed by atoms with Crippen LogP contribution in [0.15, 0.2) is 23.3 Å². The summed E-state index contributed by atoms with van der Waals surface area (Å²) in [5.41, 5.74) is -7.45. The Labute approximate surface area is 217 Å². The van der Waals surface area contributed by atoms with Crippen LogP contribution in [0.5, 0.6) is 0 Å². The molecule has 5 aliphatic rings. The average molecular weight is 523 g/mol. The van der Waals surface area contributed by atoms with Crippen molar-refractivity contribution in [2.75, 3.05) is 0 Å². The summed E-state index contributed by atoms with van der Waals surface area (Å²) in [6, 6.07) is 0. The van der Waals surface area contributed by atoms with Crippen LogP contribution < -0.4 is 0 Å². The van der Waals surface area contributed by atoms with Gasteiger partial charge in [0.2, 0.25) is 0 Å². The molecule has 3 saturated carbocycles. The van der Waals surface area contributed by atoms with Gasteiger partial charge in [0.05, 0.1) is 22.0 Å². The number of carbonyl (C=O) groups is 2. The van der Waals surface area contributed by atoms with Gasteiger partial charge in [0.15, 0.2) is 5.78 Å². The lowest BCUT2D eigenvalue weighted by atomic mass is 9.41. The van der Waals surface area contributed by atoms with Crippen LogP contribution in [0, 0.1) is 22.7 Å². The number of aliphatic hydroxyl groups is 4. The number of alkyl halides is 1. The molecule has 0 radical (unpaired) electrons. The standard InChI is InChI=1S/C28H39ClO7/c1-15-13-21(36-22(31)16(15)2)25(5,32)28(35)12-11-26(33)18-14-19(29)27(34)9-6-7-20(30)24(27,4)17(18)8-10-23(26,28)3/h6-7,17-19,21,32-35H,8-14H2,1-5H3/t17-,18+,19-,21-,23-,24-,25-,26+,27+,28-/m0/s1. The highest BCUT2D eigenvalue weighted by molar-refractivity contribution is 6.22. The summed E-state index contributed by atoms with van der Waals surface area (Å²) < 4.78 is 5.61. The molecule has 0 amide bonds. The summed E-state index contributed by atoms with van der Waals surface area (Å²) in [6.07, 6.45) is 4.22. The molecule has 0 unspecified atom stereocenters. The average Bonchev–Trinajstić information content (AvgIpc) is 3.03. The maximum atomic E-state index is 13.3. The van der Waals surface area contributed by atoms with E-state index in [-0.39, 0.29) is 31.0 Å². The summed E-state index contributed by atoms with van der Waals surface area (Å²) >= 11 is 6.81. The van der Waals surface area contributed by atoms with Crippen molar-refractivity contribution in [2.24, 2.45) is 22.7 Å². The molecule has 1 heterocycles. The predicted molar refractivity (Wildman–Crippen MR) is 133 cm³/mol. The number of hydrogen-bond acceptors (Lipinski definition) is 7. The van der Waals surface area contributed by atoms with Crippen LogP contribution in [-0.2, 0) is 14.3 Å². The van der Waals surface area contributed by atoms with Gasteiger partial charge in [0.25, 0.3) is 0 Å². The number of ether oxygens (including phenoxy) is 1. The van der Waals surface area contributed by atoms with Crippen molar-refractivity contribution >= 4 is 23.4 Å². The van der Waals surface area contributed by atoms with E-state index in [9.17, 15) is 30.0 Å². The van der Waals surface area contributed by atoms with E-state index >= 15 is 0 Å². The van der Waals surface area contributed by atoms with Gasteiger partial charge in [-0.1, -0.05) is 18.6 Å². The van der Waals surface area contributed by atoms with Gasteiger partial charge in [0.1, 0.15) is 17.3 Å². The Morgan fingerprint density at radius 1 is 1.06 bits per heavy atom. The number of cyclic esters (lactones) is 1. The molecule has 0 aromatic carbocycles. The largest absolute Gasteiger partial charge is 0.455 e. The Balaban J connectivity index is 1.55. The molecule has 4 aliphatic carbocycles. The van der Waals surface area contributed by atoms with E-state index < -0.39 is 56.6 Å². The Morgan fingerprint density at radius 3 is 2.36 bits per heavy atom. The van der Waals surface area contributed by atoms with Crippen LogP contribution >= 0.6 is 11.6 Å². The summed E-state index contributed by atoms with van der Waals surface area (Å²) in [5.74, 6) is -1.48. The zero-order chi connectivity index (χ0) is 26.7. The number of allylic oxidation sites excluding steroid dienone is 1. The number of ketones is 1. The molecule has 8 heteroatoms. The lowest BCUT2D eigenvalue weighted by molar-refractivity contribution is -0.290. The Bertz CT molecular complexity index is 1080. The van der Waals surface area contributed by atoms with Crippen molar-refractivity contribution in [1.82, 2.24) is 0 Å². The van der Waals surface area contributed by atoms with E-state index in [4.69, 9.17) is 16.3 Å². The SMILES string of the molecule is CC1=C(C)C(=O)O[C@H]([C@](C)(O)[C@]2(O)CC[C@@]3(O)[C@@H]4C[C@H](Cl)[C@]5(O)CC=CC(=O)[C@]5(C)[C@H]4CC[C@]23C)C1. The first-order chi connectivity index (χ1) is 16.5. The molecule has 0 bridgehead atoms. The number of hydrogen-bond donors (Lipinski definition) is 4. The van der Waals surface area contributed by atoms with E-state index in [1.165, 1.54) is 13.0 Å². The van der Waals surface area contributed by atoms with Crippen molar-refractivity contribution in [3.63, 3.8) is 0 Å². The molecule has 4 N–H and O–H groups in total. The van der Waals surface area contributed by atoms with Crippen LogP contribution in [0.4, 0.5) is 0 Å². The van der Waals surface area contributed by atoms with Crippen molar-refractivity contribution in [3.05, 3.63) is 23.3 Å². The summed E-state index contributed by atoms with van der Waals surface area (Å²) in [5, 5.41) is 47.6. The second-order valence-electron chi connectivity index (χ2n) is 12.8. The normalized spacial score (nSPS) is 52.3. The second-order valence-corrected chi connectivity index (χ2v) is 13.3. The van der Waals surface area contributed by atoms with E-state index in [1.807, 2.05) is 6.92 Å². The molecule has 0 aromatic rings. The number of carbonyl (C=O) groups excluding carboxylic acids is 2. The second kappa shape index (κ2) is 7.66. The minimum absolute atomic E-state index is 0.105. The van der Waals surface area contributed by atoms with E-state index in [2.05, 4.69) is 0 Å². The lowest BCUT2D eigenvalue weighted by Crippen LogP contribution is -2.75. The number of halogens is 1. The maximum absolute atomic E-state index is 13.3. The molecule has 0 aromatic heterocycles. The first kappa shape index (κ1) is 26.4. The van der Waals surface area contributed by atoms with Crippen LogP contribution in [0.25, 0.3) is 0 Å². The van der Waals surface area contributed by atoms with Gasteiger partial charge < -0.3 is 25.2 Å². The van der Waals surface area contributed by atoms with Gasteiger partial charge in [0, 0.05) is 17.4 Å². The fraction of sp³-hybridized carbons (Fsp3) is 0.786. The Morgan fingerprint density at radius 2 is 1.72 bits per heavy atom. The molecule has 7 nitrogen and oxygen atoms in total. The van der Waals surface area contributed by atoms with Crippen molar-refractivity contribution in [1.29, 1.82) is 0 Å². The van der Waals surface area contributed by atoms with E-state index in [1.54, 1.807) is 26.8 Å². The van der Waals surface area contributed by atoms with Gasteiger partial charge in [-0.15, -0.1) is 11.6 Å². The molecule has 0 spiro atoms. The molecule has 3 fully saturated rings. The van der Waals surface area contributed by atoms with Gasteiger partial charge in [-0.25, -0.2) is 4.79 Å². The van der Waals surface area contributed by atoms with Gasteiger partial charge in [-0.2, -0.15) is 0 Å². The van der Waals surface area contributed by atoms with Crippen LogP contribution in [0.2, 0.25) is 0 Å². The summed E-state index contributed by atoms with van der Waals surface area (Å²) in [7, 11) is 0.